The maximum Gasteiger partial charge on any atom is 0.258 e. The highest BCUT2D eigenvalue weighted by Crippen LogP contribution is 2.41. The van der Waals surface area contributed by atoms with E-state index in [4.69, 9.17) is 5.73 Å². The van der Waals surface area contributed by atoms with Crippen LogP contribution in [0.25, 0.3) is 32.9 Å². The zero-order chi connectivity index (χ0) is 26.7. The first-order chi connectivity index (χ1) is 18.3. The highest BCUT2D eigenvalue weighted by molar-refractivity contribution is 6.20. The molecular formula is C31H27N3O4. The Bertz CT molecular complexity index is 1790. The second kappa shape index (κ2) is 8.83. The Morgan fingerprint density at radius 3 is 2.61 bits per heavy atom. The zero-order valence-corrected chi connectivity index (χ0v) is 21.1. The maximum absolute atomic E-state index is 13.4. The molecule has 1 aliphatic heterocycles. The zero-order valence-electron chi connectivity index (χ0n) is 21.1. The lowest BCUT2D eigenvalue weighted by molar-refractivity contribution is 0.0957. The molecule has 1 atom stereocenters. The van der Waals surface area contributed by atoms with Gasteiger partial charge in [-0.3, -0.25) is 9.59 Å². The largest absolute Gasteiger partial charge is 0.393 e. The fourth-order valence-electron chi connectivity index (χ4n) is 5.59. The number of hydrogen-bond acceptors (Lipinski definition) is 4. The third-order valence-electron chi connectivity index (χ3n) is 7.56. The molecule has 0 spiro atoms. The van der Waals surface area contributed by atoms with Crippen LogP contribution in [0.3, 0.4) is 0 Å². The first kappa shape index (κ1) is 23.9. The number of amides is 2. The number of carbonyl (C=O) groups excluding carboxylic acids is 2. The van der Waals surface area contributed by atoms with Crippen LogP contribution in [0.15, 0.2) is 66.7 Å². The van der Waals surface area contributed by atoms with E-state index in [-0.39, 0.29) is 5.91 Å². The highest BCUT2D eigenvalue weighted by Gasteiger charge is 2.30. The molecular weight excluding hydrogens is 478 g/mol. The lowest BCUT2D eigenvalue weighted by Gasteiger charge is -2.21. The number of nitrogens with zero attached hydrogens (tertiary/aromatic N) is 1. The minimum atomic E-state index is -1.01. The van der Waals surface area contributed by atoms with Crippen LogP contribution in [-0.2, 0) is 6.54 Å². The van der Waals surface area contributed by atoms with E-state index in [1.807, 2.05) is 67.3 Å². The van der Waals surface area contributed by atoms with Crippen LogP contribution in [-0.4, -0.2) is 33.6 Å². The van der Waals surface area contributed by atoms with Gasteiger partial charge in [-0.05, 0) is 65.9 Å². The molecule has 1 unspecified atom stereocenters. The van der Waals surface area contributed by atoms with E-state index in [0.717, 1.165) is 49.8 Å². The van der Waals surface area contributed by atoms with Crippen molar-refractivity contribution in [2.45, 2.75) is 26.5 Å². The molecule has 2 amide bonds. The number of aromatic nitrogens is 1. The number of aliphatic hydroxyl groups is 2. The fourth-order valence-corrected chi connectivity index (χ4v) is 5.59. The van der Waals surface area contributed by atoms with Gasteiger partial charge in [0.25, 0.3) is 11.8 Å². The Morgan fingerprint density at radius 1 is 1.03 bits per heavy atom. The molecule has 4 aromatic carbocycles. The SMILES string of the molecule is Cc1ccc2c(c1)C(=O)N(c1cccc(-c3ccc(C(N)=O)c4[nH]c5cc(C(O)CO)ccc5c34)c1C)C2. The van der Waals surface area contributed by atoms with Gasteiger partial charge in [0.15, 0.2) is 0 Å². The molecule has 0 fully saturated rings. The van der Waals surface area contributed by atoms with Gasteiger partial charge in [-0.2, -0.15) is 0 Å². The Labute approximate surface area is 219 Å². The first-order valence-corrected chi connectivity index (χ1v) is 12.5. The standard InChI is InChI=1S/C31H27N3O4/c1-16-6-7-19-14-34(31(38)24(19)12-16)26-5-3-4-20(17(26)2)21-10-11-23(30(32)37)29-28(21)22-9-8-18(27(36)15-35)13-25(22)33-29/h3-13,27,33,35-36H,14-15H2,1-2H3,(H2,32,37). The second-order valence-electron chi connectivity index (χ2n) is 9.90. The molecule has 2 heterocycles. The Morgan fingerprint density at radius 2 is 1.84 bits per heavy atom. The number of rotatable bonds is 5. The number of carbonyl (C=O) groups is 2. The molecule has 1 aromatic heterocycles. The third kappa shape index (κ3) is 3.59. The van der Waals surface area contributed by atoms with E-state index in [9.17, 15) is 19.8 Å². The van der Waals surface area contributed by atoms with Gasteiger partial charge >= 0.3 is 0 Å². The number of aryl methyl sites for hydroxylation is 1. The third-order valence-corrected chi connectivity index (χ3v) is 7.56. The van der Waals surface area contributed by atoms with Crippen LogP contribution in [0.4, 0.5) is 5.69 Å². The number of fused-ring (bicyclic) bond motifs is 4. The van der Waals surface area contributed by atoms with Gasteiger partial charge in [-0.25, -0.2) is 0 Å². The van der Waals surface area contributed by atoms with Gasteiger partial charge in [0.05, 0.1) is 24.2 Å². The van der Waals surface area contributed by atoms with Crippen molar-refractivity contribution in [3.05, 3.63) is 100 Å². The van der Waals surface area contributed by atoms with Gasteiger partial charge in [0.2, 0.25) is 0 Å². The monoisotopic (exact) mass is 505 g/mol. The van der Waals surface area contributed by atoms with Crippen molar-refractivity contribution in [3.8, 4) is 11.1 Å². The molecule has 190 valence electrons. The summed E-state index contributed by atoms with van der Waals surface area (Å²) in [5.74, 6) is -0.565. The lowest BCUT2D eigenvalue weighted by atomic mass is 9.93. The molecule has 5 aromatic rings. The second-order valence-corrected chi connectivity index (χ2v) is 9.90. The fraction of sp³-hybridized carbons (Fsp3) is 0.161. The van der Waals surface area contributed by atoms with Crippen LogP contribution < -0.4 is 10.6 Å². The van der Waals surface area contributed by atoms with E-state index in [0.29, 0.717) is 28.7 Å². The molecule has 0 saturated heterocycles. The van der Waals surface area contributed by atoms with Gasteiger partial charge < -0.3 is 25.8 Å². The van der Waals surface area contributed by atoms with E-state index in [1.165, 1.54) is 0 Å². The number of hydrogen-bond donors (Lipinski definition) is 4. The number of H-pyrrole nitrogens is 1. The number of nitrogens with one attached hydrogen (secondary N) is 1. The van der Waals surface area contributed by atoms with Gasteiger partial charge in [-0.1, -0.05) is 48.0 Å². The van der Waals surface area contributed by atoms with E-state index >= 15 is 0 Å². The molecule has 0 radical (unpaired) electrons. The summed E-state index contributed by atoms with van der Waals surface area (Å²) in [7, 11) is 0. The average Bonchev–Trinajstić information content (AvgIpc) is 3.45. The molecule has 0 saturated carbocycles. The van der Waals surface area contributed by atoms with Crippen molar-refractivity contribution in [1.29, 1.82) is 0 Å². The smallest absolute Gasteiger partial charge is 0.258 e. The van der Waals surface area contributed by atoms with E-state index in [1.54, 1.807) is 18.2 Å². The summed E-state index contributed by atoms with van der Waals surface area (Å²) in [6, 6.07) is 20.9. The first-order valence-electron chi connectivity index (χ1n) is 12.5. The summed E-state index contributed by atoms with van der Waals surface area (Å²) in [5, 5.41) is 21.2. The van der Waals surface area contributed by atoms with Crippen LogP contribution in [0.2, 0.25) is 0 Å². The van der Waals surface area contributed by atoms with Crippen LogP contribution in [0, 0.1) is 13.8 Å². The molecule has 7 heteroatoms. The predicted octanol–water partition coefficient (Wildman–Crippen LogP) is 4.89. The number of aromatic amines is 1. The normalized spacial score (nSPS) is 13.9. The molecule has 6 rings (SSSR count). The minimum Gasteiger partial charge on any atom is -0.393 e. The van der Waals surface area contributed by atoms with E-state index < -0.39 is 18.6 Å². The molecule has 0 bridgehead atoms. The molecule has 0 aliphatic carbocycles. The van der Waals surface area contributed by atoms with Crippen molar-refractivity contribution >= 4 is 39.3 Å². The number of primary amides is 1. The number of benzene rings is 4. The molecule has 38 heavy (non-hydrogen) atoms. The number of nitrogens with two attached hydrogens (primary N) is 1. The summed E-state index contributed by atoms with van der Waals surface area (Å²) in [6.45, 7) is 4.11. The minimum absolute atomic E-state index is 0.0137. The van der Waals surface area contributed by atoms with Crippen molar-refractivity contribution in [3.63, 3.8) is 0 Å². The Balaban J connectivity index is 1.54. The lowest BCUT2D eigenvalue weighted by Crippen LogP contribution is -2.24. The Kier molecular flexibility index (Phi) is 5.56. The molecule has 1 aliphatic rings. The summed E-state index contributed by atoms with van der Waals surface area (Å²) in [6.07, 6.45) is -1.01. The molecule has 7 nitrogen and oxygen atoms in total. The Hall–Kier alpha value is -4.46. The molecule has 5 N–H and O–H groups in total. The van der Waals surface area contributed by atoms with Crippen molar-refractivity contribution in [1.82, 2.24) is 4.98 Å². The van der Waals surface area contributed by atoms with Crippen molar-refractivity contribution < 1.29 is 19.8 Å². The number of aliphatic hydroxyl groups excluding tert-OH is 2. The topological polar surface area (TPSA) is 120 Å². The highest BCUT2D eigenvalue weighted by atomic mass is 16.3. The van der Waals surface area contributed by atoms with Crippen LogP contribution >= 0.6 is 0 Å². The summed E-state index contributed by atoms with van der Waals surface area (Å²) < 4.78 is 0. The summed E-state index contributed by atoms with van der Waals surface area (Å²) in [4.78, 5) is 30.8. The summed E-state index contributed by atoms with van der Waals surface area (Å²) >= 11 is 0. The van der Waals surface area contributed by atoms with Gasteiger partial charge in [-0.15, -0.1) is 0 Å². The van der Waals surface area contributed by atoms with Crippen molar-refractivity contribution in [2.75, 3.05) is 11.5 Å². The van der Waals surface area contributed by atoms with Gasteiger partial charge in [0.1, 0.15) is 6.10 Å². The number of anilines is 1. The summed E-state index contributed by atoms with van der Waals surface area (Å²) in [5.41, 5.74) is 14.4. The van der Waals surface area contributed by atoms with Crippen LogP contribution in [0.5, 0.6) is 0 Å². The predicted molar refractivity (Wildman–Crippen MR) is 148 cm³/mol. The van der Waals surface area contributed by atoms with Crippen LogP contribution in [0.1, 0.15) is 49.1 Å². The van der Waals surface area contributed by atoms with Gasteiger partial charge in [0, 0.05) is 27.5 Å². The average molecular weight is 506 g/mol. The maximum atomic E-state index is 13.4. The van der Waals surface area contributed by atoms with E-state index in [2.05, 4.69) is 4.98 Å². The quantitative estimate of drug-likeness (QED) is 0.272. The van der Waals surface area contributed by atoms with Crippen molar-refractivity contribution in [2.24, 2.45) is 5.73 Å².